The first-order valence-corrected chi connectivity index (χ1v) is 6.83. The maximum Gasteiger partial charge on any atom is 0.179 e. The van der Waals surface area contributed by atoms with Gasteiger partial charge in [-0.2, -0.15) is 11.8 Å². The van der Waals surface area contributed by atoms with Gasteiger partial charge < -0.3 is 0 Å². The number of thioether (sulfide) groups is 1. The first kappa shape index (κ1) is 12.6. The second-order valence-corrected chi connectivity index (χ2v) is 5.87. The molecule has 1 heterocycles. The Morgan fingerprint density at radius 1 is 1.53 bits per heavy atom. The van der Waals surface area contributed by atoms with E-state index < -0.39 is 5.82 Å². The molecule has 4 heteroatoms. The summed E-state index contributed by atoms with van der Waals surface area (Å²) < 4.78 is 13.4. The molecule has 1 fully saturated rings. The van der Waals surface area contributed by atoms with Crippen molar-refractivity contribution in [2.45, 2.75) is 12.2 Å². The number of carbonyl (C=O) groups excluding carboxylic acids is 1. The van der Waals surface area contributed by atoms with Gasteiger partial charge in [0.05, 0.1) is 12.1 Å². The van der Waals surface area contributed by atoms with Crippen LogP contribution >= 0.6 is 11.8 Å². The zero-order valence-corrected chi connectivity index (χ0v) is 10.7. The van der Waals surface area contributed by atoms with Crippen molar-refractivity contribution < 1.29 is 9.18 Å². The molecule has 2 nitrogen and oxygen atoms in total. The summed E-state index contributed by atoms with van der Waals surface area (Å²) >= 11 is 1.92. The molecule has 1 unspecified atom stereocenters. The summed E-state index contributed by atoms with van der Waals surface area (Å²) in [5.41, 5.74) is 0.207. The largest absolute Gasteiger partial charge is 0.294 e. The number of rotatable bonds is 3. The molecule has 1 aromatic carbocycles. The summed E-state index contributed by atoms with van der Waals surface area (Å²) in [4.78, 5) is 14.1. The molecule has 0 amide bonds. The summed E-state index contributed by atoms with van der Waals surface area (Å²) in [6.07, 6.45) is 0. The predicted molar refractivity (Wildman–Crippen MR) is 69.1 cm³/mol. The van der Waals surface area contributed by atoms with Crippen LogP contribution in [-0.2, 0) is 0 Å². The van der Waals surface area contributed by atoms with Gasteiger partial charge in [0.2, 0.25) is 0 Å². The first-order chi connectivity index (χ1) is 8.16. The quantitative estimate of drug-likeness (QED) is 0.772. The summed E-state index contributed by atoms with van der Waals surface area (Å²) in [5, 5.41) is 0.553. The van der Waals surface area contributed by atoms with E-state index in [0.717, 1.165) is 18.8 Å². The van der Waals surface area contributed by atoms with Crippen molar-refractivity contribution in [3.8, 4) is 0 Å². The predicted octanol–water partition coefficient (Wildman–Crippen LogP) is 2.45. The Morgan fingerprint density at radius 3 is 3.00 bits per heavy atom. The van der Waals surface area contributed by atoms with Gasteiger partial charge in [-0.25, -0.2) is 4.39 Å². The van der Waals surface area contributed by atoms with E-state index in [0.29, 0.717) is 11.8 Å². The third kappa shape index (κ3) is 3.30. The van der Waals surface area contributed by atoms with Gasteiger partial charge in [-0.1, -0.05) is 19.1 Å². The molecule has 1 aromatic rings. The molecule has 92 valence electrons. The summed E-state index contributed by atoms with van der Waals surface area (Å²) in [6, 6.07) is 6.19. The third-order valence-corrected chi connectivity index (χ3v) is 4.00. The van der Waals surface area contributed by atoms with E-state index in [9.17, 15) is 9.18 Å². The number of ketones is 1. The van der Waals surface area contributed by atoms with Crippen LogP contribution in [0, 0.1) is 5.82 Å². The zero-order chi connectivity index (χ0) is 12.3. The van der Waals surface area contributed by atoms with Crippen LogP contribution in [0.25, 0.3) is 0 Å². The fourth-order valence-corrected chi connectivity index (χ4v) is 3.09. The molecule has 0 N–H and O–H groups in total. The van der Waals surface area contributed by atoms with Crippen LogP contribution in [0.1, 0.15) is 17.3 Å². The van der Waals surface area contributed by atoms with E-state index in [-0.39, 0.29) is 11.3 Å². The highest BCUT2D eigenvalue weighted by molar-refractivity contribution is 7.99. The maximum absolute atomic E-state index is 13.4. The third-order valence-electron chi connectivity index (χ3n) is 2.87. The van der Waals surface area contributed by atoms with Gasteiger partial charge in [-0.3, -0.25) is 9.69 Å². The minimum Gasteiger partial charge on any atom is -0.294 e. The molecule has 2 rings (SSSR count). The van der Waals surface area contributed by atoms with Crippen LogP contribution in [0.15, 0.2) is 24.3 Å². The fraction of sp³-hybridized carbons (Fsp3) is 0.462. The number of carbonyl (C=O) groups is 1. The number of Topliss-reactive ketones (excluding diaryl/α,β-unsaturated/α-hetero) is 1. The molecule has 1 atom stereocenters. The van der Waals surface area contributed by atoms with Gasteiger partial charge in [-0.15, -0.1) is 0 Å². The van der Waals surface area contributed by atoms with Crippen LogP contribution in [0.2, 0.25) is 0 Å². The number of nitrogens with zero attached hydrogens (tertiary/aromatic N) is 1. The van der Waals surface area contributed by atoms with Crippen molar-refractivity contribution in [2.75, 3.05) is 25.4 Å². The molecule has 1 saturated heterocycles. The smallest absolute Gasteiger partial charge is 0.179 e. The molecule has 0 bridgehead atoms. The fourth-order valence-electron chi connectivity index (χ4n) is 2.01. The standard InChI is InChI=1S/C13H16FNOS/c1-10-8-15(6-7-17-10)9-13(16)11-4-2-3-5-12(11)14/h2-5,10H,6-9H2,1H3. The van der Waals surface area contributed by atoms with Gasteiger partial charge in [0.1, 0.15) is 5.82 Å². The lowest BCUT2D eigenvalue weighted by atomic mass is 10.1. The van der Waals surface area contributed by atoms with Gasteiger partial charge >= 0.3 is 0 Å². The molecule has 0 saturated carbocycles. The van der Waals surface area contributed by atoms with Crippen molar-refractivity contribution in [3.63, 3.8) is 0 Å². The van der Waals surface area contributed by atoms with Gasteiger partial charge in [0, 0.05) is 24.1 Å². The molecule has 17 heavy (non-hydrogen) atoms. The van der Waals surface area contributed by atoms with Crippen LogP contribution in [0.3, 0.4) is 0 Å². The van der Waals surface area contributed by atoms with Crippen molar-refractivity contribution in [1.29, 1.82) is 0 Å². The molecule has 0 aromatic heterocycles. The number of hydrogen-bond acceptors (Lipinski definition) is 3. The van der Waals surface area contributed by atoms with E-state index in [1.165, 1.54) is 6.07 Å². The summed E-state index contributed by atoms with van der Waals surface area (Å²) in [7, 11) is 0. The Kier molecular flexibility index (Phi) is 4.18. The zero-order valence-electron chi connectivity index (χ0n) is 9.86. The molecule has 0 radical (unpaired) electrons. The lowest BCUT2D eigenvalue weighted by Gasteiger charge is -2.29. The minimum absolute atomic E-state index is 0.123. The number of halogens is 1. The topological polar surface area (TPSA) is 20.3 Å². The average Bonchev–Trinajstić information content (AvgIpc) is 2.29. The van der Waals surface area contributed by atoms with Crippen molar-refractivity contribution >= 4 is 17.5 Å². The highest BCUT2D eigenvalue weighted by Gasteiger charge is 2.20. The highest BCUT2D eigenvalue weighted by atomic mass is 32.2. The van der Waals surface area contributed by atoms with Gasteiger partial charge in [0.25, 0.3) is 0 Å². The van der Waals surface area contributed by atoms with Crippen LogP contribution in [0.5, 0.6) is 0 Å². The van der Waals surface area contributed by atoms with E-state index in [2.05, 4.69) is 11.8 Å². The van der Waals surface area contributed by atoms with Gasteiger partial charge in [-0.05, 0) is 12.1 Å². The second-order valence-electron chi connectivity index (χ2n) is 4.32. The molecular formula is C13H16FNOS. The van der Waals surface area contributed by atoms with Crippen molar-refractivity contribution in [1.82, 2.24) is 4.90 Å². The Balaban J connectivity index is 1.99. The van der Waals surface area contributed by atoms with Crippen molar-refractivity contribution in [3.05, 3.63) is 35.6 Å². The molecule has 0 aliphatic carbocycles. The lowest BCUT2D eigenvalue weighted by molar-refractivity contribution is 0.0930. The van der Waals surface area contributed by atoms with E-state index in [4.69, 9.17) is 0 Å². The lowest BCUT2D eigenvalue weighted by Crippen LogP contribution is -2.40. The average molecular weight is 253 g/mol. The maximum atomic E-state index is 13.4. The molecule has 0 spiro atoms. The van der Waals surface area contributed by atoms with Crippen LogP contribution in [-0.4, -0.2) is 41.3 Å². The molecule has 1 aliphatic heterocycles. The Morgan fingerprint density at radius 2 is 2.29 bits per heavy atom. The van der Waals surface area contributed by atoms with E-state index in [1.54, 1.807) is 18.2 Å². The summed E-state index contributed by atoms with van der Waals surface area (Å²) in [6.45, 7) is 4.30. The number of benzene rings is 1. The number of hydrogen-bond donors (Lipinski definition) is 0. The first-order valence-electron chi connectivity index (χ1n) is 5.78. The SMILES string of the molecule is CC1CN(CC(=O)c2ccccc2F)CCS1. The normalized spacial score (nSPS) is 21.4. The molecule has 1 aliphatic rings. The monoisotopic (exact) mass is 253 g/mol. The van der Waals surface area contributed by atoms with Crippen LogP contribution < -0.4 is 0 Å². The second kappa shape index (κ2) is 5.65. The van der Waals surface area contributed by atoms with Gasteiger partial charge in [0.15, 0.2) is 5.78 Å². The Labute approximate surface area is 105 Å². The Bertz CT molecular complexity index is 410. The molecular weight excluding hydrogens is 237 g/mol. The van der Waals surface area contributed by atoms with E-state index in [1.807, 2.05) is 11.8 Å². The highest BCUT2D eigenvalue weighted by Crippen LogP contribution is 2.18. The minimum atomic E-state index is -0.420. The van der Waals surface area contributed by atoms with Crippen LogP contribution in [0.4, 0.5) is 4.39 Å². The van der Waals surface area contributed by atoms with Crippen molar-refractivity contribution in [2.24, 2.45) is 0 Å². The van der Waals surface area contributed by atoms with E-state index >= 15 is 0 Å². The summed E-state index contributed by atoms with van der Waals surface area (Å²) in [5.74, 6) is 0.505. The Hall–Kier alpha value is -0.870.